The number of amides is 1. The van der Waals surface area contributed by atoms with Gasteiger partial charge in [0.25, 0.3) is 0 Å². The molecule has 2 N–H and O–H groups in total. The molecule has 1 amide bonds. The van der Waals surface area contributed by atoms with Gasteiger partial charge in [0, 0.05) is 11.6 Å². The van der Waals surface area contributed by atoms with Crippen LogP contribution in [0.3, 0.4) is 0 Å². The van der Waals surface area contributed by atoms with Gasteiger partial charge in [-0.2, -0.15) is 0 Å². The van der Waals surface area contributed by atoms with E-state index in [1.807, 2.05) is 27.7 Å². The lowest BCUT2D eigenvalue weighted by molar-refractivity contribution is 0.195. The van der Waals surface area contributed by atoms with Crippen LogP contribution in [0.2, 0.25) is 0 Å². The number of rotatable bonds is 1. The number of nitrogens with zero attached hydrogens (tertiary/aromatic N) is 1. The van der Waals surface area contributed by atoms with E-state index in [1.165, 1.54) is 11.0 Å². The zero-order chi connectivity index (χ0) is 12.5. The number of aromatic hydroxyl groups is 1. The van der Waals surface area contributed by atoms with Crippen molar-refractivity contribution < 1.29 is 15.0 Å². The lowest BCUT2D eigenvalue weighted by Crippen LogP contribution is -2.45. The van der Waals surface area contributed by atoms with E-state index in [4.69, 9.17) is 0 Å². The Kier molecular flexibility index (Phi) is 3.12. The number of hydrogen-bond donors (Lipinski definition) is 2. The summed E-state index contributed by atoms with van der Waals surface area (Å²) in [4.78, 5) is 12.5. The van der Waals surface area contributed by atoms with Crippen LogP contribution in [-0.2, 0) is 0 Å². The molecule has 16 heavy (non-hydrogen) atoms. The molecule has 0 radical (unpaired) electrons. The Labute approximate surface area is 95.1 Å². The average molecular weight is 223 g/mol. The van der Waals surface area contributed by atoms with Gasteiger partial charge in [0.1, 0.15) is 5.75 Å². The summed E-state index contributed by atoms with van der Waals surface area (Å²) in [6, 6.07) is 4.71. The van der Waals surface area contributed by atoms with Gasteiger partial charge in [-0.1, -0.05) is 6.07 Å². The van der Waals surface area contributed by atoms with Crippen molar-refractivity contribution in [2.24, 2.45) is 0 Å². The third-order valence-electron chi connectivity index (χ3n) is 2.30. The van der Waals surface area contributed by atoms with E-state index in [-0.39, 0.29) is 5.75 Å². The molecule has 0 heterocycles. The predicted octanol–water partition coefficient (Wildman–Crippen LogP) is 2.98. The van der Waals surface area contributed by atoms with Gasteiger partial charge < -0.3 is 10.2 Å². The first-order chi connectivity index (χ1) is 7.23. The van der Waals surface area contributed by atoms with Gasteiger partial charge in [0.05, 0.1) is 5.69 Å². The van der Waals surface area contributed by atoms with Crippen LogP contribution in [0.5, 0.6) is 5.75 Å². The molecule has 1 rings (SSSR count). The molecule has 4 nitrogen and oxygen atoms in total. The van der Waals surface area contributed by atoms with Crippen LogP contribution in [0.25, 0.3) is 0 Å². The second kappa shape index (κ2) is 4.04. The number of aryl methyl sites for hydroxylation is 1. The maximum atomic E-state index is 11.3. The molecule has 0 saturated carbocycles. The highest BCUT2D eigenvalue weighted by atomic mass is 16.4. The maximum Gasteiger partial charge on any atom is 0.412 e. The van der Waals surface area contributed by atoms with E-state index < -0.39 is 11.6 Å². The number of carbonyl (C=O) groups is 1. The normalized spacial score (nSPS) is 11.2. The van der Waals surface area contributed by atoms with Gasteiger partial charge in [-0.3, -0.25) is 4.90 Å². The average Bonchev–Trinajstić information content (AvgIpc) is 2.08. The Bertz CT molecular complexity index is 407. The van der Waals surface area contributed by atoms with E-state index in [2.05, 4.69) is 0 Å². The fourth-order valence-electron chi connectivity index (χ4n) is 1.59. The van der Waals surface area contributed by atoms with Gasteiger partial charge in [0.2, 0.25) is 0 Å². The van der Waals surface area contributed by atoms with E-state index >= 15 is 0 Å². The van der Waals surface area contributed by atoms with Crippen molar-refractivity contribution in [3.05, 3.63) is 23.8 Å². The summed E-state index contributed by atoms with van der Waals surface area (Å²) in [5, 5.41) is 18.6. The lowest BCUT2D eigenvalue weighted by atomic mass is 10.0. The molecule has 0 aliphatic carbocycles. The molecular formula is C12H17NO3. The van der Waals surface area contributed by atoms with E-state index in [9.17, 15) is 15.0 Å². The molecule has 0 saturated heterocycles. The minimum absolute atomic E-state index is 0.0658. The summed E-state index contributed by atoms with van der Waals surface area (Å²) >= 11 is 0. The number of benzene rings is 1. The monoisotopic (exact) mass is 223 g/mol. The predicted molar refractivity (Wildman–Crippen MR) is 63.1 cm³/mol. The van der Waals surface area contributed by atoms with Crippen molar-refractivity contribution in [1.82, 2.24) is 0 Å². The fourth-order valence-corrected chi connectivity index (χ4v) is 1.59. The molecule has 0 atom stereocenters. The highest BCUT2D eigenvalue weighted by molar-refractivity contribution is 5.88. The Hall–Kier alpha value is -1.71. The van der Waals surface area contributed by atoms with Crippen molar-refractivity contribution in [3.8, 4) is 5.75 Å². The molecule has 88 valence electrons. The van der Waals surface area contributed by atoms with Crippen molar-refractivity contribution in [1.29, 1.82) is 0 Å². The first kappa shape index (κ1) is 12.4. The van der Waals surface area contributed by atoms with Crippen molar-refractivity contribution in [2.45, 2.75) is 33.2 Å². The molecule has 0 aliphatic heterocycles. The zero-order valence-corrected chi connectivity index (χ0v) is 9.98. The minimum atomic E-state index is -1.03. The maximum absolute atomic E-state index is 11.3. The molecule has 0 unspecified atom stereocenters. The zero-order valence-electron chi connectivity index (χ0n) is 9.98. The van der Waals surface area contributed by atoms with Gasteiger partial charge in [0.15, 0.2) is 0 Å². The topological polar surface area (TPSA) is 60.8 Å². The van der Waals surface area contributed by atoms with Crippen LogP contribution in [0.1, 0.15) is 26.3 Å². The quantitative estimate of drug-likeness (QED) is 0.769. The summed E-state index contributed by atoms with van der Waals surface area (Å²) in [5.41, 5.74) is 0.778. The summed E-state index contributed by atoms with van der Waals surface area (Å²) in [6.07, 6.45) is -1.03. The molecule has 0 spiro atoms. The fraction of sp³-hybridized carbons (Fsp3) is 0.417. The number of phenolic OH excluding ortho intramolecular Hbond substituents is 1. The first-order valence-corrected chi connectivity index (χ1v) is 5.06. The van der Waals surface area contributed by atoms with Crippen LogP contribution < -0.4 is 4.90 Å². The van der Waals surface area contributed by atoms with Crippen LogP contribution in [-0.4, -0.2) is 21.8 Å². The summed E-state index contributed by atoms with van der Waals surface area (Å²) in [7, 11) is 0. The molecule has 1 aromatic rings. The smallest absolute Gasteiger partial charge is 0.412 e. The molecule has 4 heteroatoms. The third kappa shape index (κ3) is 2.45. The molecule has 0 aliphatic rings. The molecule has 0 fully saturated rings. The Balaban J connectivity index is 3.32. The summed E-state index contributed by atoms with van der Waals surface area (Å²) < 4.78 is 0. The Morgan fingerprint density at radius 3 is 2.31 bits per heavy atom. The van der Waals surface area contributed by atoms with Crippen LogP contribution >= 0.6 is 0 Å². The summed E-state index contributed by atoms with van der Waals surface area (Å²) in [5.74, 6) is 0.0658. The molecule has 0 aromatic heterocycles. The second-order valence-corrected chi connectivity index (χ2v) is 4.76. The van der Waals surface area contributed by atoms with E-state index in [0.717, 1.165) is 5.56 Å². The van der Waals surface area contributed by atoms with Crippen LogP contribution in [0.4, 0.5) is 10.5 Å². The lowest BCUT2D eigenvalue weighted by Gasteiger charge is -2.34. The van der Waals surface area contributed by atoms with Gasteiger partial charge in [-0.05, 0) is 39.3 Å². The largest absolute Gasteiger partial charge is 0.508 e. The highest BCUT2D eigenvalue weighted by Crippen LogP contribution is 2.30. The minimum Gasteiger partial charge on any atom is -0.508 e. The highest BCUT2D eigenvalue weighted by Gasteiger charge is 2.29. The summed E-state index contributed by atoms with van der Waals surface area (Å²) in [6.45, 7) is 7.25. The van der Waals surface area contributed by atoms with Crippen molar-refractivity contribution in [3.63, 3.8) is 0 Å². The SMILES string of the molecule is Cc1ccc(O)cc1N(C(=O)O)C(C)(C)C. The van der Waals surface area contributed by atoms with Gasteiger partial charge in [-0.25, -0.2) is 4.79 Å². The molecular weight excluding hydrogens is 206 g/mol. The van der Waals surface area contributed by atoms with Crippen LogP contribution in [0.15, 0.2) is 18.2 Å². The Morgan fingerprint density at radius 1 is 1.31 bits per heavy atom. The standard InChI is InChI=1S/C12H17NO3/c1-8-5-6-9(14)7-10(8)13(11(15)16)12(2,3)4/h5-7,14H,1-4H3,(H,15,16). The third-order valence-corrected chi connectivity index (χ3v) is 2.30. The number of hydrogen-bond acceptors (Lipinski definition) is 2. The number of carboxylic acid groups (broad SMARTS) is 1. The van der Waals surface area contributed by atoms with Gasteiger partial charge in [-0.15, -0.1) is 0 Å². The second-order valence-electron chi connectivity index (χ2n) is 4.76. The number of phenols is 1. The van der Waals surface area contributed by atoms with E-state index in [0.29, 0.717) is 5.69 Å². The van der Waals surface area contributed by atoms with Crippen molar-refractivity contribution >= 4 is 11.8 Å². The number of anilines is 1. The van der Waals surface area contributed by atoms with Crippen molar-refractivity contribution in [2.75, 3.05) is 4.90 Å². The van der Waals surface area contributed by atoms with Crippen LogP contribution in [0, 0.1) is 6.92 Å². The first-order valence-electron chi connectivity index (χ1n) is 5.06. The molecule has 1 aromatic carbocycles. The van der Waals surface area contributed by atoms with Gasteiger partial charge >= 0.3 is 6.09 Å². The Morgan fingerprint density at radius 2 is 1.88 bits per heavy atom. The van der Waals surface area contributed by atoms with E-state index in [1.54, 1.807) is 12.1 Å². The molecule has 0 bridgehead atoms.